The number of rotatable bonds is 12. The first-order valence-corrected chi connectivity index (χ1v) is 26.7. The summed E-state index contributed by atoms with van der Waals surface area (Å²) in [5.41, 5.74) is 1.72. The fourth-order valence-electron chi connectivity index (χ4n) is 13.3. The molecule has 0 radical (unpaired) electrons. The zero-order valence-corrected chi connectivity index (χ0v) is 42.5. The number of pyridine rings is 1. The van der Waals surface area contributed by atoms with E-state index in [1.54, 1.807) is 17.9 Å². The number of nitrogens with one attached hydrogen (secondary N) is 1. The van der Waals surface area contributed by atoms with Crippen LogP contribution in [0.4, 0.5) is 24.7 Å². The first-order valence-electron chi connectivity index (χ1n) is 26.7. The van der Waals surface area contributed by atoms with E-state index in [1.165, 1.54) is 24.4 Å². The summed E-state index contributed by atoms with van der Waals surface area (Å²) in [6.45, 7) is 15.3. The number of carbonyl (C=O) groups excluding carboxylic acids is 2. The summed E-state index contributed by atoms with van der Waals surface area (Å²) in [5.74, 6) is -1.11. The molecule has 17 heteroatoms. The Labute approximate surface area is 429 Å². The van der Waals surface area contributed by atoms with Crippen LogP contribution in [0.1, 0.15) is 99.5 Å². The molecule has 14 nitrogen and oxygen atoms in total. The number of alkyl halides is 1. The zero-order valence-electron chi connectivity index (χ0n) is 42.5. The summed E-state index contributed by atoms with van der Waals surface area (Å²) < 4.78 is 55.5. The van der Waals surface area contributed by atoms with Gasteiger partial charge in [0.1, 0.15) is 40.3 Å². The number of piperazine rings is 1. The molecule has 2 atom stereocenters. The molecular weight excluding hydrogens is 948 g/mol. The van der Waals surface area contributed by atoms with Gasteiger partial charge in [0.15, 0.2) is 5.82 Å². The average molecular weight is 1010 g/mol. The van der Waals surface area contributed by atoms with E-state index in [9.17, 15) is 19.8 Å². The Bertz CT molecular complexity index is 3090. The van der Waals surface area contributed by atoms with Gasteiger partial charge in [0.25, 0.3) is 5.91 Å². The van der Waals surface area contributed by atoms with Gasteiger partial charge >= 0.3 is 6.01 Å². The number of allylic oxidation sites excluding steroid dienone is 1. The summed E-state index contributed by atoms with van der Waals surface area (Å²) in [6, 6.07) is 11.4. The zero-order chi connectivity index (χ0) is 51.3. The summed E-state index contributed by atoms with van der Waals surface area (Å²) in [4.78, 5) is 50.8. The number of likely N-dealkylation sites (tertiary alicyclic amines) is 1. The first-order chi connectivity index (χ1) is 35.5. The molecule has 2 aliphatic carbocycles. The van der Waals surface area contributed by atoms with Crippen molar-refractivity contribution in [1.29, 1.82) is 0 Å². The number of hydrogen-bond acceptors (Lipinski definition) is 12. The number of benzene rings is 3. The highest BCUT2D eigenvalue weighted by molar-refractivity contribution is 6.03. The Hall–Kier alpha value is -6.04. The first kappa shape index (κ1) is 48.9. The van der Waals surface area contributed by atoms with Crippen LogP contribution < -0.4 is 19.9 Å². The number of fused-ring (bicyclic) bond motifs is 3. The van der Waals surface area contributed by atoms with Gasteiger partial charge in [-0.25, -0.2) is 13.2 Å². The summed E-state index contributed by atoms with van der Waals surface area (Å²) in [5, 5.41) is 26.1. The Morgan fingerprint density at radius 3 is 2.39 bits per heavy atom. The van der Waals surface area contributed by atoms with Crippen molar-refractivity contribution in [2.45, 2.75) is 108 Å². The second-order valence-corrected chi connectivity index (χ2v) is 23.3. The van der Waals surface area contributed by atoms with Gasteiger partial charge in [0, 0.05) is 106 Å². The number of amides is 2. The molecular formula is C57H66F3N9O5. The van der Waals surface area contributed by atoms with Crippen LogP contribution in [0.25, 0.3) is 32.9 Å². The van der Waals surface area contributed by atoms with Crippen LogP contribution in [-0.2, 0) is 17.8 Å². The van der Waals surface area contributed by atoms with Crippen LogP contribution in [-0.4, -0.2) is 141 Å². The lowest BCUT2D eigenvalue weighted by Crippen LogP contribution is -2.61. The van der Waals surface area contributed by atoms with E-state index < -0.39 is 28.9 Å². The van der Waals surface area contributed by atoms with Crippen molar-refractivity contribution in [2.75, 3.05) is 81.9 Å². The number of β-amino-alcohol motifs (C(OH)–C–C–N with tert-alkyl or cyclic N) is 1. The molecule has 0 bridgehead atoms. The predicted octanol–water partition coefficient (Wildman–Crippen LogP) is 8.06. The number of ether oxygens (including phenoxy) is 1. The summed E-state index contributed by atoms with van der Waals surface area (Å²) >= 11 is 0. The van der Waals surface area contributed by atoms with Gasteiger partial charge in [-0.3, -0.25) is 19.5 Å². The molecule has 0 unspecified atom stereocenters. The Morgan fingerprint density at radius 1 is 0.878 bits per heavy atom. The molecule has 5 aromatic rings. The fraction of sp³-hybridized carbons (Fsp3) is 0.526. The molecule has 7 heterocycles. The van der Waals surface area contributed by atoms with Gasteiger partial charge in [0.2, 0.25) is 5.91 Å². The molecule has 7 aliphatic rings. The number of carbonyl (C=O) groups is 2. The number of anilines is 2. The molecule has 5 aliphatic heterocycles. The van der Waals surface area contributed by atoms with Crippen LogP contribution in [0.2, 0.25) is 0 Å². The van der Waals surface area contributed by atoms with Crippen molar-refractivity contribution in [3.05, 3.63) is 89.3 Å². The van der Waals surface area contributed by atoms with Crippen molar-refractivity contribution < 1.29 is 37.7 Å². The molecule has 4 saturated heterocycles. The van der Waals surface area contributed by atoms with Crippen molar-refractivity contribution >= 4 is 45.0 Å². The monoisotopic (exact) mass is 1010 g/mol. The molecule has 6 fully saturated rings. The number of aryl methyl sites for hydroxylation is 1. The molecule has 2 saturated carbocycles. The number of phenolic OH excluding ortho intramolecular Hbond substituents is 1. The molecule has 3 N–H and O–H groups in total. The quantitative estimate of drug-likeness (QED) is 0.111. The smallest absolute Gasteiger partial charge is 0.319 e. The Kier molecular flexibility index (Phi) is 12.1. The normalized spacial score (nSPS) is 24.6. The topological polar surface area (TPSA) is 151 Å². The van der Waals surface area contributed by atoms with Gasteiger partial charge in [-0.05, 0) is 141 Å². The number of aromatic nitrogens is 3. The van der Waals surface area contributed by atoms with E-state index in [0.717, 1.165) is 82.7 Å². The second-order valence-electron chi connectivity index (χ2n) is 23.3. The van der Waals surface area contributed by atoms with E-state index >= 15 is 13.2 Å². The van der Waals surface area contributed by atoms with E-state index in [1.807, 2.05) is 24.0 Å². The third kappa shape index (κ3) is 9.09. The van der Waals surface area contributed by atoms with Crippen LogP contribution in [0.5, 0.6) is 11.8 Å². The van der Waals surface area contributed by atoms with Crippen LogP contribution in [0, 0.1) is 22.5 Å². The molecule has 74 heavy (non-hydrogen) atoms. The minimum absolute atomic E-state index is 0.00730. The van der Waals surface area contributed by atoms with E-state index in [0.29, 0.717) is 110 Å². The highest BCUT2D eigenvalue weighted by Gasteiger charge is 2.54. The SMILES string of the molecule is C=C1CC[C@H](N2Cc3cc(N4CCN(CC5(F)CCC6(CC5)CN(CC5(COc7nc(N8CCC[C@@](C)(O)C8)c8cnc(-c9cc(O)cc%10ccc(F)c(CC)c9%10)c(F)c8n7)CC5)C6)CC4)ccc3C2=O)C(=O)N1. The number of piperidine rings is 2. The molecule has 3 aromatic carbocycles. The molecule has 2 amide bonds. The third-order valence-corrected chi connectivity index (χ3v) is 17.6. The average Bonchev–Trinajstić information content (AvgIpc) is 4.08. The minimum atomic E-state index is -1.22. The predicted molar refractivity (Wildman–Crippen MR) is 277 cm³/mol. The lowest BCUT2D eigenvalue weighted by molar-refractivity contribution is -0.126. The number of hydrogen-bond donors (Lipinski definition) is 3. The van der Waals surface area contributed by atoms with Crippen molar-refractivity contribution in [1.82, 2.24) is 35.0 Å². The van der Waals surface area contributed by atoms with Gasteiger partial charge in [-0.1, -0.05) is 19.6 Å². The number of halogens is 3. The highest BCUT2D eigenvalue weighted by Crippen LogP contribution is 2.53. The maximum atomic E-state index is 17.2. The highest BCUT2D eigenvalue weighted by atomic mass is 19.1. The minimum Gasteiger partial charge on any atom is -0.508 e. The lowest BCUT2D eigenvalue weighted by Gasteiger charge is -2.55. The maximum Gasteiger partial charge on any atom is 0.319 e. The van der Waals surface area contributed by atoms with Crippen molar-refractivity contribution in [3.63, 3.8) is 0 Å². The van der Waals surface area contributed by atoms with Crippen molar-refractivity contribution in [2.24, 2.45) is 10.8 Å². The molecule has 1 spiro atoms. The number of nitrogens with zero attached hydrogens (tertiary/aromatic N) is 8. The van der Waals surface area contributed by atoms with E-state index in [2.05, 4.69) is 42.6 Å². The summed E-state index contributed by atoms with van der Waals surface area (Å²) in [7, 11) is 0. The van der Waals surface area contributed by atoms with E-state index in [-0.39, 0.29) is 57.7 Å². The maximum absolute atomic E-state index is 17.2. The lowest BCUT2D eigenvalue weighted by atomic mass is 9.64. The molecule has 12 rings (SSSR count). The molecule has 2 aromatic heterocycles. The fourth-order valence-corrected chi connectivity index (χ4v) is 13.3. The number of aliphatic hydroxyl groups is 1. The van der Waals surface area contributed by atoms with Crippen LogP contribution >= 0.6 is 0 Å². The number of aromatic hydroxyl groups is 1. The van der Waals surface area contributed by atoms with Crippen LogP contribution in [0.3, 0.4) is 0 Å². The van der Waals surface area contributed by atoms with Gasteiger partial charge in [0.05, 0.1) is 17.6 Å². The Morgan fingerprint density at radius 2 is 1.66 bits per heavy atom. The van der Waals surface area contributed by atoms with E-state index in [4.69, 9.17) is 9.72 Å². The standard InChI is InChI=1S/C57H66F3N9O5/c1-4-40-44(58)10-7-36-25-39(70)26-42(46(36)40)48-47(59)49-43(27-61-48)50(68-19-5-12-54(3,73)29-68)64-53(63-49)74-34-56(13-14-56)32-66-30-55(31-66)15-17-57(60,18-16-55)33-65-20-22-67(23-21-65)38-8-9-41-37(24-38)28-69(52(41)72)45-11-6-35(2)62-51(45)71/h7-10,24-27,45,70,73H,2,4-6,11-23,28-34H2,1,3H3,(H,62,71)/t45-,54+/m0/s1. The third-order valence-electron chi connectivity index (χ3n) is 17.6. The van der Waals surface area contributed by atoms with Gasteiger partial charge < -0.3 is 39.9 Å². The second kappa shape index (κ2) is 18.4. The largest absolute Gasteiger partial charge is 0.508 e. The molecule has 390 valence electrons. The van der Waals surface area contributed by atoms with Crippen molar-refractivity contribution in [3.8, 4) is 23.0 Å². The Balaban J connectivity index is 0.668. The van der Waals surface area contributed by atoms with Crippen LogP contribution in [0.15, 0.2) is 60.9 Å². The number of phenols is 1. The van der Waals surface area contributed by atoms with Gasteiger partial charge in [-0.15, -0.1) is 0 Å². The van der Waals surface area contributed by atoms with Gasteiger partial charge in [-0.2, -0.15) is 9.97 Å². The summed E-state index contributed by atoms with van der Waals surface area (Å²) in [6.07, 6.45) is 9.20.